The molecule has 1 unspecified atom stereocenters. The summed E-state index contributed by atoms with van der Waals surface area (Å²) < 4.78 is 8.30. The number of imidazole rings is 1. The van der Waals surface area contributed by atoms with Gasteiger partial charge < -0.3 is 24.4 Å². The Labute approximate surface area is 249 Å². The molecule has 2 aromatic carbocycles. The van der Waals surface area contributed by atoms with E-state index >= 15 is 0 Å². The maximum Gasteiger partial charge on any atom is 0.407 e. The van der Waals surface area contributed by atoms with E-state index in [4.69, 9.17) is 11.3 Å². The molecular formula is C34H42N6O2. The topological polar surface area (TPSA) is 67.0 Å². The SMILES string of the molecule is [C-]#[N+]c1ccc(N2CC(CN3CCC(C(Cn4ccnc4)(c4ccccc4)[C@@H]4CCC[C@H]4OC(=O)NC)CC3)C2)cc1. The van der Waals surface area contributed by atoms with Gasteiger partial charge in [-0.2, -0.15) is 0 Å². The van der Waals surface area contributed by atoms with Crippen molar-refractivity contribution in [2.75, 3.05) is 44.7 Å². The summed E-state index contributed by atoms with van der Waals surface area (Å²) in [4.78, 5) is 25.4. The Balaban J connectivity index is 1.18. The fraction of sp³-hybridized carbons (Fsp3) is 0.500. The number of amides is 1. The summed E-state index contributed by atoms with van der Waals surface area (Å²) in [6.45, 7) is 13.5. The van der Waals surface area contributed by atoms with Crippen molar-refractivity contribution in [3.63, 3.8) is 0 Å². The Kier molecular flexibility index (Phi) is 8.48. The quantitative estimate of drug-likeness (QED) is 0.335. The van der Waals surface area contributed by atoms with Crippen molar-refractivity contribution >= 4 is 17.5 Å². The fourth-order valence-electron chi connectivity index (χ4n) is 8.00. The van der Waals surface area contributed by atoms with E-state index in [0.29, 0.717) is 17.5 Å². The van der Waals surface area contributed by atoms with Crippen LogP contribution in [0.1, 0.15) is 37.7 Å². The van der Waals surface area contributed by atoms with Crippen LogP contribution in [0.3, 0.4) is 0 Å². The van der Waals surface area contributed by atoms with E-state index in [9.17, 15) is 4.79 Å². The summed E-state index contributed by atoms with van der Waals surface area (Å²) in [5, 5.41) is 2.68. The number of hydrogen-bond donors (Lipinski definition) is 1. The molecule has 0 radical (unpaired) electrons. The van der Waals surface area contributed by atoms with Gasteiger partial charge in [-0.1, -0.05) is 42.5 Å². The van der Waals surface area contributed by atoms with Gasteiger partial charge in [-0.15, -0.1) is 0 Å². The Morgan fingerprint density at radius 2 is 1.83 bits per heavy atom. The highest BCUT2D eigenvalue weighted by atomic mass is 16.6. The molecule has 1 aromatic heterocycles. The molecule has 42 heavy (non-hydrogen) atoms. The minimum Gasteiger partial charge on any atom is -0.446 e. The van der Waals surface area contributed by atoms with Crippen molar-refractivity contribution in [2.45, 2.75) is 50.2 Å². The van der Waals surface area contributed by atoms with Gasteiger partial charge in [0.25, 0.3) is 0 Å². The molecule has 3 aromatic rings. The molecular weight excluding hydrogens is 524 g/mol. The largest absolute Gasteiger partial charge is 0.446 e. The van der Waals surface area contributed by atoms with Gasteiger partial charge in [0.2, 0.25) is 0 Å². The minimum absolute atomic E-state index is 0.100. The Morgan fingerprint density at radius 3 is 2.50 bits per heavy atom. The van der Waals surface area contributed by atoms with Crippen LogP contribution in [-0.2, 0) is 16.7 Å². The van der Waals surface area contributed by atoms with Crippen LogP contribution in [0, 0.1) is 24.3 Å². The number of carbonyl (C=O) groups is 1. The molecule has 1 saturated carbocycles. The van der Waals surface area contributed by atoms with Crippen LogP contribution >= 0.6 is 0 Å². The summed E-state index contributed by atoms with van der Waals surface area (Å²) in [7, 11) is 1.64. The number of piperidine rings is 1. The predicted molar refractivity (Wildman–Crippen MR) is 165 cm³/mol. The third-order valence-electron chi connectivity index (χ3n) is 10.0. The summed E-state index contributed by atoms with van der Waals surface area (Å²) in [6, 6.07) is 19.0. The molecule has 1 N–H and O–H groups in total. The molecule has 2 aliphatic heterocycles. The van der Waals surface area contributed by atoms with Crippen LogP contribution in [0.25, 0.3) is 4.85 Å². The first-order valence-corrected chi connectivity index (χ1v) is 15.4. The van der Waals surface area contributed by atoms with Crippen molar-refractivity contribution < 1.29 is 9.53 Å². The minimum atomic E-state index is -0.330. The highest BCUT2D eigenvalue weighted by molar-refractivity contribution is 5.67. The third kappa shape index (κ3) is 5.76. The molecule has 1 aliphatic carbocycles. The molecule has 0 spiro atoms. The standard InChI is InChI=1S/C34H42N6O2/c1-35-29-11-13-30(14-12-29)40-22-26(23-40)21-38-18-15-28(16-19-38)34(24-39-20-17-37-25-39,27-7-4-3-5-8-27)31-9-6-10-32(31)42-33(41)36-2/h3-5,7-8,11-14,17,20,25-26,28,31-32H,6,9-10,15-16,18-19,21-24H2,2H3,(H,36,41)/t31-,32-,34?/m1/s1. The van der Waals surface area contributed by atoms with E-state index in [1.807, 2.05) is 24.7 Å². The van der Waals surface area contributed by atoms with Gasteiger partial charge in [0.1, 0.15) is 6.10 Å². The van der Waals surface area contributed by atoms with E-state index in [0.717, 1.165) is 71.4 Å². The summed E-state index contributed by atoms with van der Waals surface area (Å²) >= 11 is 0. The monoisotopic (exact) mass is 566 g/mol. The normalized spacial score (nSPS) is 23.1. The van der Waals surface area contributed by atoms with Crippen LogP contribution in [-0.4, -0.2) is 66.4 Å². The van der Waals surface area contributed by atoms with Crippen molar-refractivity contribution in [3.8, 4) is 0 Å². The number of rotatable bonds is 9. The average molecular weight is 567 g/mol. The third-order valence-corrected chi connectivity index (χ3v) is 10.0. The van der Waals surface area contributed by atoms with Crippen molar-refractivity contribution in [1.29, 1.82) is 0 Å². The fourth-order valence-corrected chi connectivity index (χ4v) is 8.00. The van der Waals surface area contributed by atoms with Crippen LogP contribution in [0.5, 0.6) is 0 Å². The summed E-state index contributed by atoms with van der Waals surface area (Å²) in [5.41, 5.74) is 3.11. The molecule has 8 heteroatoms. The molecule has 8 nitrogen and oxygen atoms in total. The lowest BCUT2D eigenvalue weighted by molar-refractivity contribution is 0.00204. The van der Waals surface area contributed by atoms with Crippen molar-refractivity contribution in [2.24, 2.45) is 17.8 Å². The molecule has 220 valence electrons. The van der Waals surface area contributed by atoms with Crippen molar-refractivity contribution in [3.05, 3.63) is 90.3 Å². The van der Waals surface area contributed by atoms with Gasteiger partial charge in [-0.25, -0.2) is 14.6 Å². The Bertz CT molecular complexity index is 1340. The number of hydrogen-bond acceptors (Lipinski definition) is 5. The summed E-state index contributed by atoms with van der Waals surface area (Å²) in [5.74, 6) is 1.38. The van der Waals surface area contributed by atoms with E-state index in [2.05, 4.69) is 78.2 Å². The smallest absolute Gasteiger partial charge is 0.407 e. The van der Waals surface area contributed by atoms with Gasteiger partial charge in [-0.05, 0) is 68.8 Å². The second-order valence-corrected chi connectivity index (χ2v) is 12.3. The second kappa shape index (κ2) is 12.6. The Morgan fingerprint density at radius 1 is 1.07 bits per heavy atom. The molecule has 1 amide bonds. The lowest BCUT2D eigenvalue weighted by atomic mass is 9.58. The highest BCUT2D eigenvalue weighted by Crippen LogP contribution is 2.52. The van der Waals surface area contributed by atoms with E-state index in [1.54, 1.807) is 7.05 Å². The highest BCUT2D eigenvalue weighted by Gasteiger charge is 2.53. The molecule has 6 rings (SSSR count). The zero-order valence-corrected chi connectivity index (χ0v) is 24.6. The number of benzene rings is 2. The van der Waals surface area contributed by atoms with Crippen molar-refractivity contribution in [1.82, 2.24) is 19.8 Å². The number of likely N-dealkylation sites (tertiary alicyclic amines) is 1. The predicted octanol–water partition coefficient (Wildman–Crippen LogP) is 5.74. The van der Waals surface area contributed by atoms with Crippen LogP contribution in [0.2, 0.25) is 0 Å². The number of aromatic nitrogens is 2. The van der Waals surface area contributed by atoms with E-state index in [-0.39, 0.29) is 23.5 Å². The first-order valence-electron chi connectivity index (χ1n) is 15.4. The molecule has 3 aliphatic rings. The molecule has 2 saturated heterocycles. The number of nitrogens with zero attached hydrogens (tertiary/aromatic N) is 5. The van der Waals surface area contributed by atoms with E-state index in [1.165, 1.54) is 11.3 Å². The molecule has 3 atom stereocenters. The zero-order chi connectivity index (χ0) is 28.9. The van der Waals surface area contributed by atoms with Gasteiger partial charge >= 0.3 is 6.09 Å². The van der Waals surface area contributed by atoms with Crippen LogP contribution in [0.4, 0.5) is 16.2 Å². The first-order chi connectivity index (χ1) is 20.6. The second-order valence-electron chi connectivity index (χ2n) is 12.3. The number of carbonyl (C=O) groups excluding carboxylic acids is 1. The molecule has 0 bridgehead atoms. The van der Waals surface area contributed by atoms with Crippen LogP contribution < -0.4 is 10.2 Å². The lowest BCUT2D eigenvalue weighted by Crippen LogP contribution is -2.55. The first kappa shape index (κ1) is 28.3. The number of ether oxygens (including phenoxy) is 1. The molecule has 3 heterocycles. The number of alkyl carbamates (subject to hydrolysis) is 1. The average Bonchev–Trinajstić information content (AvgIpc) is 3.71. The van der Waals surface area contributed by atoms with E-state index < -0.39 is 0 Å². The molecule has 3 fully saturated rings. The number of nitrogens with one attached hydrogen (secondary N) is 1. The zero-order valence-electron chi connectivity index (χ0n) is 24.6. The maximum absolute atomic E-state index is 12.4. The van der Waals surface area contributed by atoms with Gasteiger partial charge in [0.15, 0.2) is 5.69 Å². The van der Waals surface area contributed by atoms with Gasteiger partial charge in [0.05, 0.1) is 12.9 Å². The summed E-state index contributed by atoms with van der Waals surface area (Å²) in [6.07, 6.45) is 10.7. The number of anilines is 1. The Hall–Kier alpha value is -3.83. The van der Waals surface area contributed by atoms with Crippen LogP contribution in [0.15, 0.2) is 73.3 Å². The van der Waals surface area contributed by atoms with Gasteiger partial charge in [0, 0.05) is 68.6 Å². The van der Waals surface area contributed by atoms with Gasteiger partial charge in [-0.3, -0.25) is 0 Å². The lowest BCUT2D eigenvalue weighted by Gasteiger charge is -2.51. The maximum atomic E-state index is 12.4.